The fourth-order valence-corrected chi connectivity index (χ4v) is 4.39. The molecule has 1 aliphatic carbocycles. The molecule has 0 aromatic heterocycles. The molecule has 0 aromatic carbocycles. The lowest BCUT2D eigenvalue weighted by Gasteiger charge is -2.29. The van der Waals surface area contributed by atoms with Crippen molar-refractivity contribution in [3.8, 4) is 0 Å². The summed E-state index contributed by atoms with van der Waals surface area (Å²) >= 11 is 2.09. The van der Waals surface area contributed by atoms with Crippen molar-refractivity contribution >= 4 is 11.8 Å². The highest BCUT2D eigenvalue weighted by atomic mass is 32.2. The zero-order valence-corrected chi connectivity index (χ0v) is 10.4. The van der Waals surface area contributed by atoms with Gasteiger partial charge < -0.3 is 0 Å². The number of thioether (sulfide) groups is 1. The van der Waals surface area contributed by atoms with Crippen LogP contribution >= 0.6 is 11.8 Å². The predicted molar refractivity (Wildman–Crippen MR) is 67.7 cm³/mol. The van der Waals surface area contributed by atoms with Gasteiger partial charge in [-0.3, -0.25) is 11.3 Å². The van der Waals surface area contributed by atoms with Crippen molar-refractivity contribution in [2.24, 2.45) is 17.7 Å². The molecule has 0 radical (unpaired) electrons. The summed E-state index contributed by atoms with van der Waals surface area (Å²) in [4.78, 5) is 0. The Balaban J connectivity index is 1.78. The van der Waals surface area contributed by atoms with Gasteiger partial charge in [-0.15, -0.1) is 0 Å². The molecule has 2 nitrogen and oxygen atoms in total. The van der Waals surface area contributed by atoms with Crippen LogP contribution in [-0.4, -0.2) is 17.5 Å². The minimum atomic E-state index is 0.586. The predicted octanol–water partition coefficient (Wildman–Crippen LogP) is 2.54. The van der Waals surface area contributed by atoms with Crippen LogP contribution in [0.25, 0.3) is 0 Å². The molecule has 15 heavy (non-hydrogen) atoms. The molecule has 3 N–H and O–H groups in total. The van der Waals surface area contributed by atoms with Gasteiger partial charge in [0.15, 0.2) is 0 Å². The van der Waals surface area contributed by atoms with Crippen molar-refractivity contribution in [1.29, 1.82) is 0 Å². The van der Waals surface area contributed by atoms with Gasteiger partial charge >= 0.3 is 0 Å². The highest BCUT2D eigenvalue weighted by Gasteiger charge is 2.27. The van der Waals surface area contributed by atoms with Crippen LogP contribution in [0.3, 0.4) is 0 Å². The van der Waals surface area contributed by atoms with Gasteiger partial charge in [-0.1, -0.05) is 32.1 Å². The summed E-state index contributed by atoms with van der Waals surface area (Å²) < 4.78 is 0. The molecule has 0 aromatic rings. The molecule has 2 rings (SSSR count). The third-order valence-electron chi connectivity index (χ3n) is 4.06. The monoisotopic (exact) mass is 228 g/mol. The summed E-state index contributed by atoms with van der Waals surface area (Å²) in [5.74, 6) is 10.2. The van der Waals surface area contributed by atoms with Crippen molar-refractivity contribution in [3.63, 3.8) is 0 Å². The Bertz CT molecular complexity index is 174. The van der Waals surface area contributed by atoms with Gasteiger partial charge in [-0.2, -0.15) is 11.8 Å². The van der Waals surface area contributed by atoms with Crippen molar-refractivity contribution in [1.82, 2.24) is 5.43 Å². The topological polar surface area (TPSA) is 38.0 Å². The molecule has 0 spiro atoms. The van der Waals surface area contributed by atoms with E-state index >= 15 is 0 Å². The Morgan fingerprint density at radius 3 is 2.60 bits per heavy atom. The number of hydrogen-bond acceptors (Lipinski definition) is 3. The lowest BCUT2D eigenvalue weighted by molar-refractivity contribution is 0.261. The largest absolute Gasteiger partial charge is 0.271 e. The van der Waals surface area contributed by atoms with Crippen LogP contribution in [0.1, 0.15) is 44.9 Å². The second-order valence-corrected chi connectivity index (χ2v) is 6.29. The quantitative estimate of drug-likeness (QED) is 0.573. The average Bonchev–Trinajstić information content (AvgIpc) is 2.81. The highest BCUT2D eigenvalue weighted by Crippen LogP contribution is 2.33. The van der Waals surface area contributed by atoms with E-state index in [1.807, 2.05) is 0 Å². The van der Waals surface area contributed by atoms with E-state index in [0.717, 1.165) is 11.8 Å². The van der Waals surface area contributed by atoms with Gasteiger partial charge in [-0.05, 0) is 36.2 Å². The molecule has 1 heterocycles. The minimum Gasteiger partial charge on any atom is -0.271 e. The molecule has 1 aliphatic heterocycles. The van der Waals surface area contributed by atoms with Gasteiger partial charge in [0, 0.05) is 6.04 Å². The standard InChI is InChI=1S/C12H24N2S/c13-14-12(11-6-7-15-9-11)8-10-4-2-1-3-5-10/h10-12,14H,1-9,13H2. The summed E-state index contributed by atoms with van der Waals surface area (Å²) in [7, 11) is 0. The van der Waals surface area contributed by atoms with Crippen molar-refractivity contribution in [3.05, 3.63) is 0 Å². The van der Waals surface area contributed by atoms with Crippen molar-refractivity contribution in [2.45, 2.75) is 51.0 Å². The van der Waals surface area contributed by atoms with E-state index in [9.17, 15) is 0 Å². The first-order chi connectivity index (χ1) is 7.40. The summed E-state index contributed by atoms with van der Waals surface area (Å²) in [5.41, 5.74) is 3.08. The van der Waals surface area contributed by atoms with E-state index in [4.69, 9.17) is 5.84 Å². The van der Waals surface area contributed by atoms with E-state index in [-0.39, 0.29) is 0 Å². The van der Waals surface area contributed by atoms with Crippen LogP contribution < -0.4 is 11.3 Å². The SMILES string of the molecule is NNC(CC1CCCCC1)C1CCSC1. The molecule has 88 valence electrons. The maximum Gasteiger partial charge on any atom is 0.0249 e. The molecule has 2 aliphatic rings. The number of rotatable bonds is 4. The van der Waals surface area contributed by atoms with Crippen LogP contribution in [-0.2, 0) is 0 Å². The Kier molecular flexibility index (Phi) is 4.79. The molecule has 0 amide bonds. The minimum absolute atomic E-state index is 0.586. The zero-order valence-electron chi connectivity index (χ0n) is 9.58. The van der Waals surface area contributed by atoms with Crippen LogP contribution in [0.15, 0.2) is 0 Å². The summed E-state index contributed by atoms with van der Waals surface area (Å²) in [6, 6.07) is 0.586. The second kappa shape index (κ2) is 6.12. The average molecular weight is 228 g/mol. The van der Waals surface area contributed by atoms with Crippen molar-refractivity contribution in [2.75, 3.05) is 11.5 Å². The maximum absolute atomic E-state index is 5.71. The van der Waals surface area contributed by atoms with E-state index < -0.39 is 0 Å². The first-order valence-corrected chi connectivity index (χ1v) is 7.59. The number of nitrogens with one attached hydrogen (secondary N) is 1. The normalized spacial score (nSPS) is 30.6. The van der Waals surface area contributed by atoms with Gasteiger partial charge in [0.1, 0.15) is 0 Å². The van der Waals surface area contributed by atoms with Crippen LogP contribution in [0, 0.1) is 11.8 Å². The zero-order chi connectivity index (χ0) is 10.5. The summed E-state index contributed by atoms with van der Waals surface area (Å²) in [6.07, 6.45) is 9.92. The lowest BCUT2D eigenvalue weighted by atomic mass is 9.82. The first kappa shape index (κ1) is 11.7. The smallest absolute Gasteiger partial charge is 0.0249 e. The second-order valence-electron chi connectivity index (χ2n) is 5.14. The first-order valence-electron chi connectivity index (χ1n) is 6.44. The highest BCUT2D eigenvalue weighted by molar-refractivity contribution is 7.99. The molecular formula is C12H24N2S. The molecular weight excluding hydrogens is 204 g/mol. The molecule has 1 saturated carbocycles. The molecule has 2 atom stereocenters. The van der Waals surface area contributed by atoms with Crippen LogP contribution in [0.4, 0.5) is 0 Å². The Morgan fingerprint density at radius 1 is 1.20 bits per heavy atom. The Labute approximate surface area is 97.7 Å². The molecule has 1 saturated heterocycles. The number of hydrazine groups is 1. The fraction of sp³-hybridized carbons (Fsp3) is 1.00. The van der Waals surface area contributed by atoms with E-state index in [0.29, 0.717) is 6.04 Å². The molecule has 0 bridgehead atoms. The number of nitrogens with two attached hydrogens (primary N) is 1. The summed E-state index contributed by atoms with van der Waals surface area (Å²) in [6.45, 7) is 0. The van der Waals surface area contributed by atoms with Crippen LogP contribution in [0.5, 0.6) is 0 Å². The molecule has 2 fully saturated rings. The van der Waals surface area contributed by atoms with E-state index in [1.165, 1.54) is 56.5 Å². The Hall–Kier alpha value is 0.270. The Morgan fingerprint density at radius 2 is 2.00 bits per heavy atom. The van der Waals surface area contributed by atoms with Crippen molar-refractivity contribution < 1.29 is 0 Å². The van der Waals surface area contributed by atoms with Gasteiger partial charge in [-0.25, -0.2) is 0 Å². The van der Waals surface area contributed by atoms with Gasteiger partial charge in [0.05, 0.1) is 0 Å². The van der Waals surface area contributed by atoms with E-state index in [1.54, 1.807) is 0 Å². The fourth-order valence-electron chi connectivity index (χ4n) is 3.05. The van der Waals surface area contributed by atoms with E-state index in [2.05, 4.69) is 17.2 Å². The molecule has 2 unspecified atom stereocenters. The summed E-state index contributed by atoms with van der Waals surface area (Å²) in [5, 5.41) is 0. The molecule has 3 heteroatoms. The van der Waals surface area contributed by atoms with Gasteiger partial charge in [0.25, 0.3) is 0 Å². The number of hydrogen-bond donors (Lipinski definition) is 2. The maximum atomic E-state index is 5.71. The third kappa shape index (κ3) is 3.36. The lowest BCUT2D eigenvalue weighted by Crippen LogP contribution is -2.42. The van der Waals surface area contributed by atoms with Crippen LogP contribution in [0.2, 0.25) is 0 Å². The third-order valence-corrected chi connectivity index (χ3v) is 5.25. The van der Waals surface area contributed by atoms with Gasteiger partial charge in [0.2, 0.25) is 0 Å².